The molecule has 1 fully saturated rings. The van der Waals surface area contributed by atoms with Crippen LogP contribution in [0, 0.1) is 5.92 Å². The molecule has 1 saturated heterocycles. The molecule has 0 aliphatic carbocycles. The summed E-state index contributed by atoms with van der Waals surface area (Å²) in [5, 5.41) is 0. The van der Waals surface area contributed by atoms with Gasteiger partial charge in [-0.25, -0.2) is 0 Å². The molecule has 0 spiro atoms. The lowest BCUT2D eigenvalue weighted by molar-refractivity contribution is -0.141. The second kappa shape index (κ2) is 5.47. The van der Waals surface area contributed by atoms with Gasteiger partial charge in [-0.15, -0.1) is 0 Å². The highest BCUT2D eigenvalue weighted by Crippen LogP contribution is 2.13. The lowest BCUT2D eigenvalue weighted by Crippen LogP contribution is -2.54. The van der Waals surface area contributed by atoms with Crippen molar-refractivity contribution in [3.63, 3.8) is 0 Å². The van der Waals surface area contributed by atoms with Crippen LogP contribution in [0.3, 0.4) is 0 Å². The van der Waals surface area contributed by atoms with Crippen molar-refractivity contribution in [2.24, 2.45) is 11.7 Å². The maximum absolute atomic E-state index is 12.1. The van der Waals surface area contributed by atoms with E-state index in [1.807, 2.05) is 18.7 Å². The summed E-state index contributed by atoms with van der Waals surface area (Å²) in [6.07, 6.45) is 0.936. The van der Waals surface area contributed by atoms with Crippen molar-refractivity contribution in [2.45, 2.75) is 39.3 Å². The van der Waals surface area contributed by atoms with Gasteiger partial charge in [0.2, 0.25) is 5.91 Å². The van der Waals surface area contributed by atoms with Crippen LogP contribution < -0.4 is 5.73 Å². The Morgan fingerprint density at radius 3 is 2.87 bits per heavy atom. The first-order valence-corrected chi connectivity index (χ1v) is 5.71. The van der Waals surface area contributed by atoms with Gasteiger partial charge in [0.15, 0.2) is 0 Å². The second-order valence-corrected chi connectivity index (χ2v) is 4.37. The molecule has 0 radical (unpaired) electrons. The highest BCUT2D eigenvalue weighted by Gasteiger charge is 2.29. The van der Waals surface area contributed by atoms with Crippen LogP contribution in [0.5, 0.6) is 0 Å². The third-order valence-electron chi connectivity index (χ3n) is 3.19. The van der Waals surface area contributed by atoms with Gasteiger partial charge in [-0.3, -0.25) is 4.79 Å². The SMILES string of the molecule is CC[C@H](C)[C@H](N)C(=O)N1CCOCC1C. The van der Waals surface area contributed by atoms with Gasteiger partial charge in [0.1, 0.15) is 0 Å². The molecule has 4 heteroatoms. The van der Waals surface area contributed by atoms with Crippen LogP contribution in [0.4, 0.5) is 0 Å². The molecule has 3 atom stereocenters. The minimum Gasteiger partial charge on any atom is -0.377 e. The van der Waals surface area contributed by atoms with E-state index in [2.05, 4.69) is 6.92 Å². The zero-order valence-electron chi connectivity index (χ0n) is 9.90. The minimum absolute atomic E-state index is 0.0696. The first-order valence-electron chi connectivity index (χ1n) is 5.71. The summed E-state index contributed by atoms with van der Waals surface area (Å²) in [5.74, 6) is 0.313. The van der Waals surface area contributed by atoms with Crippen molar-refractivity contribution in [2.75, 3.05) is 19.8 Å². The monoisotopic (exact) mass is 214 g/mol. The largest absolute Gasteiger partial charge is 0.377 e. The number of carbonyl (C=O) groups excluding carboxylic acids is 1. The molecule has 1 aliphatic heterocycles. The summed E-state index contributed by atoms with van der Waals surface area (Å²) in [6, 6.07) is -0.211. The Labute approximate surface area is 91.8 Å². The topological polar surface area (TPSA) is 55.6 Å². The molecule has 4 nitrogen and oxygen atoms in total. The predicted molar refractivity (Wildman–Crippen MR) is 59.4 cm³/mol. The lowest BCUT2D eigenvalue weighted by Gasteiger charge is -2.36. The molecule has 0 saturated carbocycles. The highest BCUT2D eigenvalue weighted by molar-refractivity contribution is 5.82. The van der Waals surface area contributed by atoms with Gasteiger partial charge in [-0.1, -0.05) is 20.3 Å². The predicted octanol–water partition coefficient (Wildman–Crippen LogP) is 0.607. The van der Waals surface area contributed by atoms with Crippen LogP contribution in [0.1, 0.15) is 27.2 Å². The Kier molecular flexibility index (Phi) is 4.54. The summed E-state index contributed by atoms with van der Waals surface area (Å²) < 4.78 is 5.29. The quantitative estimate of drug-likeness (QED) is 0.749. The van der Waals surface area contributed by atoms with Crippen LogP contribution in [0.15, 0.2) is 0 Å². The third-order valence-corrected chi connectivity index (χ3v) is 3.19. The molecule has 1 unspecified atom stereocenters. The Balaban J connectivity index is 2.57. The molecular formula is C11H22N2O2. The van der Waals surface area contributed by atoms with Crippen molar-refractivity contribution < 1.29 is 9.53 Å². The van der Waals surface area contributed by atoms with E-state index < -0.39 is 0 Å². The Morgan fingerprint density at radius 1 is 1.67 bits per heavy atom. The number of nitrogens with two attached hydrogens (primary N) is 1. The van der Waals surface area contributed by atoms with Crippen molar-refractivity contribution in [1.29, 1.82) is 0 Å². The fourth-order valence-electron chi connectivity index (χ4n) is 1.74. The molecule has 0 aromatic heterocycles. The van der Waals surface area contributed by atoms with Gasteiger partial charge in [0.05, 0.1) is 25.3 Å². The average molecular weight is 214 g/mol. The zero-order chi connectivity index (χ0) is 11.4. The van der Waals surface area contributed by atoms with Gasteiger partial charge >= 0.3 is 0 Å². The summed E-state index contributed by atoms with van der Waals surface area (Å²) >= 11 is 0. The number of amides is 1. The van der Waals surface area contributed by atoms with Gasteiger partial charge in [0.25, 0.3) is 0 Å². The number of ether oxygens (including phenoxy) is 1. The molecule has 0 aromatic carbocycles. The molecule has 0 aromatic rings. The summed E-state index contributed by atoms with van der Waals surface area (Å²) in [6.45, 7) is 8.00. The maximum Gasteiger partial charge on any atom is 0.240 e. The van der Waals surface area contributed by atoms with Gasteiger partial charge in [0, 0.05) is 6.54 Å². The zero-order valence-corrected chi connectivity index (χ0v) is 9.90. The van der Waals surface area contributed by atoms with E-state index in [4.69, 9.17) is 10.5 Å². The fraction of sp³-hybridized carbons (Fsp3) is 0.909. The normalized spacial score (nSPS) is 26.1. The molecular weight excluding hydrogens is 192 g/mol. The van der Waals surface area contributed by atoms with Gasteiger partial charge in [-0.05, 0) is 12.8 Å². The Bertz CT molecular complexity index is 221. The van der Waals surface area contributed by atoms with E-state index >= 15 is 0 Å². The molecule has 15 heavy (non-hydrogen) atoms. The molecule has 1 amide bonds. The third kappa shape index (κ3) is 2.92. The number of hydrogen-bond acceptors (Lipinski definition) is 3. The van der Waals surface area contributed by atoms with E-state index in [0.717, 1.165) is 6.42 Å². The van der Waals surface area contributed by atoms with Crippen molar-refractivity contribution in [3.8, 4) is 0 Å². The fourth-order valence-corrected chi connectivity index (χ4v) is 1.74. The molecule has 1 aliphatic rings. The first-order chi connectivity index (χ1) is 7.07. The Morgan fingerprint density at radius 2 is 2.33 bits per heavy atom. The number of morpholine rings is 1. The Hall–Kier alpha value is -0.610. The lowest BCUT2D eigenvalue weighted by atomic mass is 9.98. The number of hydrogen-bond donors (Lipinski definition) is 1. The second-order valence-electron chi connectivity index (χ2n) is 4.37. The molecule has 1 heterocycles. The molecule has 1 rings (SSSR count). The van der Waals surface area contributed by atoms with Crippen LogP contribution in [-0.2, 0) is 9.53 Å². The van der Waals surface area contributed by atoms with Crippen LogP contribution in [-0.4, -0.2) is 42.6 Å². The summed E-state index contributed by atoms with van der Waals surface area (Å²) in [7, 11) is 0. The van der Waals surface area contributed by atoms with Crippen molar-refractivity contribution in [1.82, 2.24) is 4.90 Å². The smallest absolute Gasteiger partial charge is 0.240 e. The summed E-state index contributed by atoms with van der Waals surface area (Å²) in [4.78, 5) is 13.9. The van der Waals surface area contributed by atoms with E-state index in [9.17, 15) is 4.79 Å². The van der Waals surface area contributed by atoms with Crippen molar-refractivity contribution in [3.05, 3.63) is 0 Å². The first kappa shape index (κ1) is 12.5. The average Bonchev–Trinajstić information content (AvgIpc) is 2.26. The van der Waals surface area contributed by atoms with E-state index in [0.29, 0.717) is 19.8 Å². The molecule has 0 bridgehead atoms. The number of carbonyl (C=O) groups is 1. The van der Waals surface area contributed by atoms with Crippen LogP contribution >= 0.6 is 0 Å². The summed E-state index contributed by atoms with van der Waals surface area (Å²) in [5.41, 5.74) is 5.93. The number of rotatable bonds is 3. The van der Waals surface area contributed by atoms with E-state index in [1.54, 1.807) is 0 Å². The van der Waals surface area contributed by atoms with Crippen LogP contribution in [0.25, 0.3) is 0 Å². The maximum atomic E-state index is 12.1. The van der Waals surface area contributed by atoms with Crippen molar-refractivity contribution >= 4 is 5.91 Å². The van der Waals surface area contributed by atoms with E-state index in [-0.39, 0.29) is 23.9 Å². The van der Waals surface area contributed by atoms with Gasteiger partial charge < -0.3 is 15.4 Å². The number of nitrogens with zero attached hydrogens (tertiary/aromatic N) is 1. The molecule has 2 N–H and O–H groups in total. The molecule has 88 valence electrons. The van der Waals surface area contributed by atoms with Gasteiger partial charge in [-0.2, -0.15) is 0 Å². The standard InChI is InChI=1S/C11H22N2O2/c1-4-8(2)10(12)11(14)13-5-6-15-7-9(13)3/h8-10H,4-7,12H2,1-3H3/t8-,9?,10-/m0/s1. The van der Waals surface area contributed by atoms with E-state index in [1.165, 1.54) is 0 Å². The van der Waals surface area contributed by atoms with Crippen LogP contribution in [0.2, 0.25) is 0 Å². The highest BCUT2D eigenvalue weighted by atomic mass is 16.5. The minimum atomic E-state index is -0.365.